The van der Waals surface area contributed by atoms with E-state index in [1.807, 2.05) is 12.1 Å². The number of carbonyl (C=O) groups is 2. The smallest absolute Gasteiger partial charge is 0.249 e. The van der Waals surface area contributed by atoms with Crippen molar-refractivity contribution in [2.75, 3.05) is 25.5 Å². The van der Waals surface area contributed by atoms with E-state index in [1.165, 1.54) is 4.90 Å². The van der Waals surface area contributed by atoms with Crippen molar-refractivity contribution in [3.63, 3.8) is 0 Å². The monoisotopic (exact) mass is 478 g/mol. The Labute approximate surface area is 198 Å². The standard InChI is InChI=1S/C23H28Cl2N4O3/c1-4-11-28(22(31)23(2,3)15-24)14-19(30)29-12-6-5-10-18(29)21-26-20(27-32-21)16-8-7-9-17(25)13-16/h4,7-9,13,18H,1,5-6,10-12,14-15H2,2-3H3. The third kappa shape index (κ3) is 5.51. The lowest BCUT2D eigenvalue weighted by atomic mass is 9.94. The van der Waals surface area contributed by atoms with Crippen molar-refractivity contribution in [2.24, 2.45) is 5.41 Å². The average molecular weight is 479 g/mol. The number of amides is 2. The molecule has 0 bridgehead atoms. The van der Waals surface area contributed by atoms with Gasteiger partial charge in [-0.1, -0.05) is 35.0 Å². The lowest BCUT2D eigenvalue weighted by molar-refractivity contribution is -0.146. The molecule has 0 radical (unpaired) electrons. The number of nitrogens with zero attached hydrogens (tertiary/aromatic N) is 4. The predicted octanol–water partition coefficient (Wildman–Crippen LogP) is 4.72. The molecule has 2 aromatic rings. The molecule has 3 rings (SSSR count). The second-order valence-corrected chi connectivity index (χ2v) is 9.26. The van der Waals surface area contributed by atoms with Gasteiger partial charge >= 0.3 is 0 Å². The molecular weight excluding hydrogens is 451 g/mol. The molecule has 1 saturated heterocycles. The molecule has 32 heavy (non-hydrogen) atoms. The summed E-state index contributed by atoms with van der Waals surface area (Å²) in [6.07, 6.45) is 4.14. The molecule has 172 valence electrons. The second kappa shape index (κ2) is 10.5. The Kier molecular flexibility index (Phi) is 7.96. The van der Waals surface area contributed by atoms with Crippen LogP contribution in [0.4, 0.5) is 0 Å². The maximum Gasteiger partial charge on any atom is 0.249 e. The van der Waals surface area contributed by atoms with Crippen molar-refractivity contribution in [3.05, 3.63) is 47.8 Å². The lowest BCUT2D eigenvalue weighted by Gasteiger charge is -2.36. The van der Waals surface area contributed by atoms with Gasteiger partial charge in [-0.2, -0.15) is 4.98 Å². The maximum atomic E-state index is 13.3. The molecule has 0 aliphatic carbocycles. The number of aromatic nitrogens is 2. The Hall–Kier alpha value is -2.38. The summed E-state index contributed by atoms with van der Waals surface area (Å²) in [7, 11) is 0. The van der Waals surface area contributed by atoms with Crippen molar-refractivity contribution in [1.82, 2.24) is 19.9 Å². The van der Waals surface area contributed by atoms with Crippen LogP contribution in [0.5, 0.6) is 0 Å². The topological polar surface area (TPSA) is 79.5 Å². The summed E-state index contributed by atoms with van der Waals surface area (Å²) in [5, 5.41) is 4.66. The number of alkyl halides is 1. The maximum absolute atomic E-state index is 13.3. The Morgan fingerprint density at radius 2 is 2.16 bits per heavy atom. The van der Waals surface area contributed by atoms with Gasteiger partial charge in [-0.05, 0) is 45.2 Å². The van der Waals surface area contributed by atoms with Gasteiger partial charge in [-0.25, -0.2) is 0 Å². The van der Waals surface area contributed by atoms with E-state index in [4.69, 9.17) is 27.7 Å². The number of rotatable bonds is 8. The SMILES string of the molecule is C=CCN(CC(=O)N1CCCCC1c1nc(-c2cccc(Cl)c2)no1)C(=O)C(C)(C)CCl. The van der Waals surface area contributed by atoms with Gasteiger partial charge in [0.15, 0.2) is 0 Å². The van der Waals surface area contributed by atoms with E-state index in [0.29, 0.717) is 29.7 Å². The third-order valence-corrected chi connectivity index (χ3v) is 6.41. The predicted molar refractivity (Wildman–Crippen MR) is 124 cm³/mol. The first-order valence-electron chi connectivity index (χ1n) is 10.6. The lowest BCUT2D eigenvalue weighted by Crippen LogP contribution is -2.49. The first-order chi connectivity index (χ1) is 15.3. The van der Waals surface area contributed by atoms with Crippen LogP contribution in [0.25, 0.3) is 11.4 Å². The normalized spacial score (nSPS) is 16.6. The Balaban J connectivity index is 1.79. The van der Waals surface area contributed by atoms with Gasteiger partial charge in [-0.3, -0.25) is 9.59 Å². The molecule has 1 atom stereocenters. The summed E-state index contributed by atoms with van der Waals surface area (Å²) >= 11 is 12.0. The molecule has 7 nitrogen and oxygen atoms in total. The largest absolute Gasteiger partial charge is 0.337 e. The molecule has 1 aliphatic heterocycles. The van der Waals surface area contributed by atoms with Gasteiger partial charge in [0, 0.05) is 29.6 Å². The molecule has 2 amide bonds. The average Bonchev–Trinajstić information content (AvgIpc) is 3.28. The van der Waals surface area contributed by atoms with Gasteiger partial charge in [0.1, 0.15) is 12.6 Å². The van der Waals surface area contributed by atoms with E-state index in [2.05, 4.69) is 16.7 Å². The van der Waals surface area contributed by atoms with Gasteiger partial charge in [-0.15, -0.1) is 18.2 Å². The van der Waals surface area contributed by atoms with Crippen LogP contribution in [-0.4, -0.2) is 57.3 Å². The van der Waals surface area contributed by atoms with E-state index in [1.54, 1.807) is 37.0 Å². The highest BCUT2D eigenvalue weighted by Gasteiger charge is 2.36. The van der Waals surface area contributed by atoms with Crippen LogP contribution >= 0.6 is 23.2 Å². The molecule has 9 heteroatoms. The molecule has 1 aromatic carbocycles. The van der Waals surface area contributed by atoms with Gasteiger partial charge in [0.2, 0.25) is 23.5 Å². The summed E-state index contributed by atoms with van der Waals surface area (Å²) in [4.78, 5) is 33.9. The van der Waals surface area contributed by atoms with Crippen LogP contribution in [0.15, 0.2) is 41.4 Å². The Bertz CT molecular complexity index is 976. The van der Waals surface area contributed by atoms with Crippen molar-refractivity contribution < 1.29 is 14.1 Å². The first-order valence-corrected chi connectivity index (χ1v) is 11.5. The highest BCUT2D eigenvalue weighted by molar-refractivity contribution is 6.30. The highest BCUT2D eigenvalue weighted by atomic mass is 35.5. The van der Waals surface area contributed by atoms with E-state index in [0.717, 1.165) is 18.4 Å². The van der Waals surface area contributed by atoms with Crippen molar-refractivity contribution in [3.8, 4) is 11.4 Å². The van der Waals surface area contributed by atoms with Crippen molar-refractivity contribution in [2.45, 2.75) is 39.2 Å². The van der Waals surface area contributed by atoms with Crippen LogP contribution in [0.1, 0.15) is 45.0 Å². The van der Waals surface area contributed by atoms with Crippen molar-refractivity contribution in [1.29, 1.82) is 0 Å². The summed E-state index contributed by atoms with van der Waals surface area (Å²) < 4.78 is 5.54. The number of halogens is 2. The quantitative estimate of drug-likeness (QED) is 0.404. The Morgan fingerprint density at radius 1 is 1.38 bits per heavy atom. The molecule has 0 spiro atoms. The van der Waals surface area contributed by atoms with E-state index < -0.39 is 5.41 Å². The zero-order valence-electron chi connectivity index (χ0n) is 18.4. The minimum Gasteiger partial charge on any atom is -0.337 e. The van der Waals surface area contributed by atoms with Crippen LogP contribution in [0, 0.1) is 5.41 Å². The molecule has 1 fully saturated rings. The van der Waals surface area contributed by atoms with Gasteiger partial charge in [0.25, 0.3) is 0 Å². The summed E-state index contributed by atoms with van der Waals surface area (Å²) in [5.74, 6) is 0.616. The minimum atomic E-state index is -0.773. The molecule has 1 aliphatic rings. The van der Waals surface area contributed by atoms with Crippen LogP contribution in [-0.2, 0) is 9.59 Å². The molecule has 0 saturated carbocycles. The molecule has 2 heterocycles. The molecule has 1 unspecified atom stereocenters. The Morgan fingerprint density at radius 3 is 2.84 bits per heavy atom. The molecular formula is C23H28Cl2N4O3. The third-order valence-electron chi connectivity index (χ3n) is 5.51. The highest BCUT2D eigenvalue weighted by Crippen LogP contribution is 2.32. The summed E-state index contributed by atoms with van der Waals surface area (Å²) in [6, 6.07) is 6.87. The van der Waals surface area contributed by atoms with E-state index >= 15 is 0 Å². The van der Waals surface area contributed by atoms with Gasteiger partial charge < -0.3 is 14.3 Å². The summed E-state index contributed by atoms with van der Waals surface area (Å²) in [5.41, 5.74) is -0.0305. The summed E-state index contributed by atoms with van der Waals surface area (Å²) in [6.45, 7) is 8.02. The van der Waals surface area contributed by atoms with Crippen molar-refractivity contribution >= 4 is 35.0 Å². The van der Waals surface area contributed by atoms with Gasteiger partial charge in [0.05, 0.1) is 5.41 Å². The molecule has 1 aromatic heterocycles. The second-order valence-electron chi connectivity index (χ2n) is 8.56. The van der Waals surface area contributed by atoms with Crippen LogP contribution in [0.3, 0.4) is 0 Å². The molecule has 0 N–H and O–H groups in total. The number of carbonyl (C=O) groups excluding carboxylic acids is 2. The number of benzene rings is 1. The van der Waals surface area contributed by atoms with E-state index in [9.17, 15) is 9.59 Å². The number of hydrogen-bond acceptors (Lipinski definition) is 5. The number of hydrogen-bond donors (Lipinski definition) is 0. The van der Waals surface area contributed by atoms with Crippen LogP contribution in [0.2, 0.25) is 5.02 Å². The zero-order valence-corrected chi connectivity index (χ0v) is 19.9. The number of piperidine rings is 1. The van der Waals surface area contributed by atoms with Crippen LogP contribution < -0.4 is 0 Å². The fourth-order valence-corrected chi connectivity index (χ4v) is 4.02. The van der Waals surface area contributed by atoms with E-state index in [-0.39, 0.29) is 36.8 Å². The fraction of sp³-hybridized carbons (Fsp3) is 0.478. The zero-order chi connectivity index (χ0) is 23.3. The number of likely N-dealkylation sites (tertiary alicyclic amines) is 1. The fourth-order valence-electron chi connectivity index (χ4n) is 3.72. The first kappa shape index (κ1) is 24.3. The minimum absolute atomic E-state index is 0.0586.